The van der Waals surface area contributed by atoms with Crippen molar-refractivity contribution in [2.45, 2.75) is 19.8 Å². The Morgan fingerprint density at radius 1 is 1.45 bits per heavy atom. The van der Waals surface area contributed by atoms with Crippen LogP contribution >= 0.6 is 11.3 Å². The zero-order valence-corrected chi connectivity index (χ0v) is 12.3. The Hall–Kier alpha value is -2.19. The van der Waals surface area contributed by atoms with E-state index in [2.05, 4.69) is 11.1 Å². The molecule has 1 aromatic heterocycles. The number of aromatic nitrogens is 1. The molecule has 0 amide bonds. The standard InChI is InChI=1S/C15H14N2O2S/c1-9-4-5-13(19-3)11(6-9)12(7-16)15(18)14-8-17-10(2)20-14/h4-6,8,12H,1-3H3. The molecule has 0 aliphatic heterocycles. The first-order chi connectivity index (χ1) is 9.56. The summed E-state index contributed by atoms with van der Waals surface area (Å²) >= 11 is 1.30. The third-order valence-electron chi connectivity index (χ3n) is 2.95. The minimum Gasteiger partial charge on any atom is -0.496 e. The first-order valence-electron chi connectivity index (χ1n) is 6.07. The number of carbonyl (C=O) groups is 1. The van der Waals surface area contributed by atoms with E-state index < -0.39 is 5.92 Å². The molecule has 20 heavy (non-hydrogen) atoms. The third kappa shape index (κ3) is 2.70. The predicted molar refractivity (Wildman–Crippen MR) is 77.3 cm³/mol. The summed E-state index contributed by atoms with van der Waals surface area (Å²) in [6.45, 7) is 3.74. The fourth-order valence-corrected chi connectivity index (χ4v) is 2.71. The van der Waals surface area contributed by atoms with E-state index in [0.29, 0.717) is 16.2 Å². The second kappa shape index (κ2) is 5.85. The molecule has 0 aliphatic rings. The van der Waals surface area contributed by atoms with Gasteiger partial charge in [-0.2, -0.15) is 5.26 Å². The van der Waals surface area contributed by atoms with Gasteiger partial charge in [-0.3, -0.25) is 4.79 Å². The maximum absolute atomic E-state index is 12.5. The van der Waals surface area contributed by atoms with Crippen LogP contribution in [0.4, 0.5) is 0 Å². The van der Waals surface area contributed by atoms with Gasteiger partial charge in [-0.25, -0.2) is 4.98 Å². The van der Waals surface area contributed by atoms with E-state index in [9.17, 15) is 10.1 Å². The van der Waals surface area contributed by atoms with Crippen LogP contribution in [-0.4, -0.2) is 17.9 Å². The topological polar surface area (TPSA) is 63.0 Å². The summed E-state index contributed by atoms with van der Waals surface area (Å²) in [5, 5.41) is 10.2. The van der Waals surface area contributed by atoms with Crippen LogP contribution < -0.4 is 4.74 Å². The first-order valence-corrected chi connectivity index (χ1v) is 6.89. The Kier molecular flexibility index (Phi) is 4.16. The number of benzene rings is 1. The van der Waals surface area contributed by atoms with Gasteiger partial charge in [0.15, 0.2) is 5.78 Å². The molecular weight excluding hydrogens is 272 g/mol. The Morgan fingerprint density at radius 3 is 2.75 bits per heavy atom. The molecule has 5 heteroatoms. The van der Waals surface area contributed by atoms with Crippen molar-refractivity contribution in [3.8, 4) is 11.8 Å². The van der Waals surface area contributed by atoms with Crippen LogP contribution in [0, 0.1) is 25.2 Å². The number of rotatable bonds is 4. The molecule has 0 bridgehead atoms. The number of methoxy groups -OCH3 is 1. The number of thiazole rings is 1. The van der Waals surface area contributed by atoms with Crippen LogP contribution in [0.15, 0.2) is 24.4 Å². The minimum absolute atomic E-state index is 0.234. The first kappa shape index (κ1) is 14.2. The van der Waals surface area contributed by atoms with E-state index in [1.807, 2.05) is 26.0 Å². The van der Waals surface area contributed by atoms with E-state index in [-0.39, 0.29) is 5.78 Å². The van der Waals surface area contributed by atoms with Crippen molar-refractivity contribution >= 4 is 17.1 Å². The summed E-state index contributed by atoms with van der Waals surface area (Å²) in [7, 11) is 1.53. The van der Waals surface area contributed by atoms with Gasteiger partial charge in [0.25, 0.3) is 0 Å². The summed E-state index contributed by atoms with van der Waals surface area (Å²) in [5.41, 5.74) is 1.58. The number of hydrogen-bond donors (Lipinski definition) is 0. The largest absolute Gasteiger partial charge is 0.496 e. The van der Waals surface area contributed by atoms with Crippen LogP contribution in [0.3, 0.4) is 0 Å². The predicted octanol–water partition coefficient (Wildman–Crippen LogP) is 3.26. The van der Waals surface area contributed by atoms with Crippen molar-refractivity contribution in [2.75, 3.05) is 7.11 Å². The molecular formula is C15H14N2O2S. The van der Waals surface area contributed by atoms with Crippen molar-refractivity contribution in [2.24, 2.45) is 0 Å². The lowest BCUT2D eigenvalue weighted by Gasteiger charge is -2.12. The van der Waals surface area contributed by atoms with Crippen molar-refractivity contribution in [1.82, 2.24) is 4.98 Å². The quantitative estimate of drug-likeness (QED) is 0.809. The molecule has 0 fully saturated rings. The molecule has 0 N–H and O–H groups in total. The van der Waals surface area contributed by atoms with Crippen LogP contribution in [0.1, 0.15) is 31.7 Å². The van der Waals surface area contributed by atoms with Gasteiger partial charge in [-0.1, -0.05) is 17.7 Å². The Bertz CT molecular complexity index is 685. The van der Waals surface area contributed by atoms with Crippen LogP contribution in [-0.2, 0) is 0 Å². The summed E-state index contributed by atoms with van der Waals surface area (Å²) in [6, 6.07) is 7.56. The van der Waals surface area contributed by atoms with Crippen LogP contribution in [0.5, 0.6) is 5.75 Å². The number of carbonyl (C=O) groups excluding carboxylic acids is 1. The number of hydrogen-bond acceptors (Lipinski definition) is 5. The average molecular weight is 286 g/mol. The fraction of sp³-hybridized carbons (Fsp3) is 0.267. The van der Waals surface area contributed by atoms with Crippen molar-refractivity contribution in [1.29, 1.82) is 5.26 Å². The van der Waals surface area contributed by atoms with E-state index in [1.165, 1.54) is 24.6 Å². The lowest BCUT2D eigenvalue weighted by atomic mass is 9.93. The summed E-state index contributed by atoms with van der Waals surface area (Å²) in [4.78, 5) is 17.0. The summed E-state index contributed by atoms with van der Waals surface area (Å²) in [6.07, 6.45) is 1.52. The molecule has 4 nitrogen and oxygen atoms in total. The highest BCUT2D eigenvalue weighted by Crippen LogP contribution is 2.31. The Balaban J connectivity index is 2.45. The molecule has 1 aromatic carbocycles. The van der Waals surface area contributed by atoms with Gasteiger partial charge in [-0.15, -0.1) is 11.3 Å². The highest BCUT2D eigenvalue weighted by Gasteiger charge is 2.26. The average Bonchev–Trinajstić information content (AvgIpc) is 2.86. The molecule has 1 unspecified atom stereocenters. The SMILES string of the molecule is COc1ccc(C)cc1C(C#N)C(=O)c1cnc(C)s1. The number of ether oxygens (including phenoxy) is 1. The van der Waals surface area contributed by atoms with E-state index >= 15 is 0 Å². The minimum atomic E-state index is -0.871. The Labute approximate surface area is 121 Å². The molecule has 1 heterocycles. The van der Waals surface area contributed by atoms with E-state index in [4.69, 9.17) is 4.74 Å². The lowest BCUT2D eigenvalue weighted by molar-refractivity contribution is 0.0981. The van der Waals surface area contributed by atoms with Crippen LogP contribution in [0.2, 0.25) is 0 Å². The lowest BCUT2D eigenvalue weighted by Crippen LogP contribution is -2.11. The molecule has 102 valence electrons. The fourth-order valence-electron chi connectivity index (χ4n) is 1.97. The Morgan fingerprint density at radius 2 is 2.20 bits per heavy atom. The zero-order valence-electron chi connectivity index (χ0n) is 11.5. The highest BCUT2D eigenvalue weighted by atomic mass is 32.1. The van der Waals surface area contributed by atoms with Gasteiger partial charge in [0.2, 0.25) is 0 Å². The smallest absolute Gasteiger partial charge is 0.196 e. The molecule has 1 atom stereocenters. The molecule has 0 aliphatic carbocycles. The maximum Gasteiger partial charge on any atom is 0.196 e. The third-order valence-corrected chi connectivity index (χ3v) is 3.88. The molecule has 2 rings (SSSR count). The van der Waals surface area contributed by atoms with Crippen molar-refractivity contribution < 1.29 is 9.53 Å². The molecule has 2 aromatic rings. The molecule has 0 saturated heterocycles. The molecule has 0 saturated carbocycles. The van der Waals surface area contributed by atoms with Gasteiger partial charge in [0.05, 0.1) is 23.1 Å². The number of ketones is 1. The summed E-state index contributed by atoms with van der Waals surface area (Å²) < 4.78 is 5.26. The van der Waals surface area contributed by atoms with Crippen LogP contribution in [0.25, 0.3) is 0 Å². The van der Waals surface area contributed by atoms with E-state index in [0.717, 1.165) is 10.6 Å². The normalized spacial score (nSPS) is 11.7. The second-order valence-electron chi connectivity index (χ2n) is 4.42. The monoisotopic (exact) mass is 286 g/mol. The van der Waals surface area contributed by atoms with Crippen molar-refractivity contribution in [3.63, 3.8) is 0 Å². The van der Waals surface area contributed by atoms with Gasteiger partial charge in [-0.05, 0) is 19.9 Å². The summed E-state index contributed by atoms with van der Waals surface area (Å²) in [5.74, 6) is -0.552. The van der Waals surface area contributed by atoms with Gasteiger partial charge < -0.3 is 4.74 Å². The zero-order chi connectivity index (χ0) is 14.7. The number of nitriles is 1. The molecule has 0 radical (unpaired) electrons. The van der Waals surface area contributed by atoms with Gasteiger partial charge >= 0.3 is 0 Å². The highest BCUT2D eigenvalue weighted by molar-refractivity contribution is 7.13. The number of nitrogens with zero attached hydrogens (tertiary/aromatic N) is 2. The second-order valence-corrected chi connectivity index (χ2v) is 5.65. The maximum atomic E-state index is 12.5. The van der Waals surface area contributed by atoms with E-state index in [1.54, 1.807) is 6.07 Å². The van der Waals surface area contributed by atoms with Gasteiger partial charge in [0.1, 0.15) is 11.7 Å². The molecule has 0 spiro atoms. The van der Waals surface area contributed by atoms with Crippen molar-refractivity contribution in [3.05, 3.63) is 45.4 Å². The van der Waals surface area contributed by atoms with Gasteiger partial charge in [0, 0.05) is 11.8 Å². The number of Topliss-reactive ketones (excluding diaryl/α,β-unsaturated/α-hetero) is 1. The number of aryl methyl sites for hydroxylation is 2.